The van der Waals surface area contributed by atoms with E-state index in [1.165, 1.54) is 0 Å². The number of nitrogens with one attached hydrogen (secondary N) is 1. The summed E-state index contributed by atoms with van der Waals surface area (Å²) >= 11 is 0. The lowest BCUT2D eigenvalue weighted by molar-refractivity contribution is -0.141. The van der Waals surface area contributed by atoms with E-state index in [1.807, 2.05) is 31.2 Å². The third-order valence-electron chi connectivity index (χ3n) is 3.37. The van der Waals surface area contributed by atoms with Crippen molar-refractivity contribution in [1.82, 2.24) is 5.32 Å². The zero-order chi connectivity index (χ0) is 16.2. The Hall–Kier alpha value is -1.59. The lowest BCUT2D eigenvalue weighted by Gasteiger charge is -2.24. The molecule has 5 nitrogen and oxygen atoms in total. The molecule has 0 atom stereocenters. The van der Waals surface area contributed by atoms with Crippen molar-refractivity contribution in [3.05, 3.63) is 29.8 Å². The molecule has 1 aromatic carbocycles. The lowest BCUT2D eigenvalue weighted by atomic mass is 10.2. The van der Waals surface area contributed by atoms with Gasteiger partial charge in [-0.1, -0.05) is 19.1 Å². The molecule has 0 heterocycles. The van der Waals surface area contributed by atoms with Crippen LogP contribution in [0.5, 0.6) is 0 Å². The topological polar surface area (TPSA) is 67.6 Å². The van der Waals surface area contributed by atoms with Crippen LogP contribution in [0.15, 0.2) is 24.3 Å². The van der Waals surface area contributed by atoms with Crippen molar-refractivity contribution in [3.63, 3.8) is 0 Å². The van der Waals surface area contributed by atoms with Crippen LogP contribution >= 0.6 is 0 Å². The van der Waals surface area contributed by atoms with Crippen LogP contribution in [-0.4, -0.2) is 38.8 Å². The number of rotatable bonds is 11. The van der Waals surface area contributed by atoms with E-state index < -0.39 is 0 Å². The summed E-state index contributed by atoms with van der Waals surface area (Å²) in [6.45, 7) is 8.00. The second-order valence-corrected chi connectivity index (χ2v) is 5.20. The van der Waals surface area contributed by atoms with Gasteiger partial charge in [-0.2, -0.15) is 0 Å². The van der Waals surface area contributed by atoms with E-state index in [1.54, 1.807) is 0 Å². The van der Waals surface area contributed by atoms with Crippen LogP contribution < -0.4 is 16.0 Å². The number of ether oxygens (including phenoxy) is 1. The van der Waals surface area contributed by atoms with Gasteiger partial charge >= 0.3 is 5.97 Å². The summed E-state index contributed by atoms with van der Waals surface area (Å²) in [6, 6.07) is 8.04. The molecule has 5 heteroatoms. The van der Waals surface area contributed by atoms with E-state index in [0.717, 1.165) is 43.7 Å². The van der Waals surface area contributed by atoms with Crippen molar-refractivity contribution in [1.29, 1.82) is 0 Å². The molecule has 0 bridgehead atoms. The number of carbonyl (C=O) groups excluding carboxylic acids is 1. The Morgan fingerprint density at radius 2 is 1.95 bits per heavy atom. The lowest BCUT2D eigenvalue weighted by Crippen LogP contribution is -2.33. The van der Waals surface area contributed by atoms with Gasteiger partial charge in [0, 0.05) is 18.8 Å². The van der Waals surface area contributed by atoms with E-state index in [-0.39, 0.29) is 12.5 Å². The summed E-state index contributed by atoms with van der Waals surface area (Å²) in [6.07, 6.45) is 2.12. The molecular weight excluding hydrogens is 278 g/mol. The number of hydrogen-bond acceptors (Lipinski definition) is 5. The predicted octanol–water partition coefficient (Wildman–Crippen LogP) is 1.90. The van der Waals surface area contributed by atoms with Crippen LogP contribution in [0.25, 0.3) is 0 Å². The molecule has 0 amide bonds. The predicted molar refractivity (Wildman–Crippen MR) is 91.0 cm³/mol. The highest BCUT2D eigenvalue weighted by molar-refractivity contribution is 5.75. The fourth-order valence-electron chi connectivity index (χ4n) is 2.20. The Balaban J connectivity index is 2.61. The van der Waals surface area contributed by atoms with Crippen molar-refractivity contribution in [2.75, 3.05) is 37.7 Å². The van der Waals surface area contributed by atoms with E-state index >= 15 is 0 Å². The first-order valence-electron chi connectivity index (χ1n) is 8.11. The van der Waals surface area contributed by atoms with Crippen LogP contribution in [0.4, 0.5) is 5.69 Å². The summed E-state index contributed by atoms with van der Waals surface area (Å²) < 4.78 is 5.07. The van der Waals surface area contributed by atoms with Gasteiger partial charge in [0.05, 0.1) is 6.61 Å². The summed E-state index contributed by atoms with van der Waals surface area (Å²) in [4.78, 5) is 13.8. The number of carbonyl (C=O) groups is 1. The Morgan fingerprint density at radius 3 is 2.55 bits per heavy atom. The number of benzene rings is 1. The second-order valence-electron chi connectivity index (χ2n) is 5.20. The highest BCUT2D eigenvalue weighted by Gasteiger charge is 2.12. The molecule has 0 unspecified atom stereocenters. The Bertz CT molecular complexity index is 420. The summed E-state index contributed by atoms with van der Waals surface area (Å²) in [5.74, 6) is -0.188. The fraction of sp³-hybridized carbons (Fsp3) is 0.588. The highest BCUT2D eigenvalue weighted by Crippen LogP contribution is 2.15. The van der Waals surface area contributed by atoms with E-state index in [0.29, 0.717) is 13.2 Å². The Morgan fingerprint density at radius 1 is 1.23 bits per heavy atom. The van der Waals surface area contributed by atoms with Gasteiger partial charge in [-0.05, 0) is 50.6 Å². The molecule has 1 aromatic rings. The van der Waals surface area contributed by atoms with Gasteiger partial charge in [0.2, 0.25) is 0 Å². The Kier molecular flexibility index (Phi) is 9.26. The third-order valence-corrected chi connectivity index (χ3v) is 3.37. The maximum atomic E-state index is 11.8. The van der Waals surface area contributed by atoms with Crippen LogP contribution in [0.1, 0.15) is 32.3 Å². The average molecular weight is 307 g/mol. The molecule has 0 aliphatic heterocycles. The normalized spacial score (nSPS) is 10.5. The molecule has 0 fully saturated rings. The van der Waals surface area contributed by atoms with Crippen LogP contribution in [0, 0.1) is 0 Å². The molecule has 0 aromatic heterocycles. The SMILES string of the molecule is CCCNCCCN(CC(=O)OCC)c1ccc(CN)cc1. The minimum atomic E-state index is -0.188. The molecule has 3 N–H and O–H groups in total. The minimum Gasteiger partial charge on any atom is -0.465 e. The number of anilines is 1. The molecule has 0 saturated heterocycles. The van der Waals surface area contributed by atoms with E-state index in [2.05, 4.69) is 17.1 Å². The number of nitrogens with two attached hydrogens (primary N) is 1. The van der Waals surface area contributed by atoms with Gasteiger partial charge in [0.1, 0.15) is 6.54 Å². The molecule has 0 aliphatic rings. The molecule has 22 heavy (non-hydrogen) atoms. The zero-order valence-corrected chi connectivity index (χ0v) is 13.8. The standard InChI is InChI=1S/C17H29N3O2/c1-3-10-19-11-5-12-20(14-17(21)22-4-2)16-8-6-15(13-18)7-9-16/h6-9,19H,3-5,10-14,18H2,1-2H3. The molecule has 0 spiro atoms. The van der Waals surface area contributed by atoms with Gasteiger partial charge in [-0.3, -0.25) is 4.79 Å². The smallest absolute Gasteiger partial charge is 0.325 e. The van der Waals surface area contributed by atoms with Crippen LogP contribution in [0.2, 0.25) is 0 Å². The molecule has 124 valence electrons. The largest absolute Gasteiger partial charge is 0.465 e. The van der Waals surface area contributed by atoms with Crippen molar-refractivity contribution in [3.8, 4) is 0 Å². The molecule has 1 rings (SSSR count). The summed E-state index contributed by atoms with van der Waals surface area (Å²) in [7, 11) is 0. The first-order valence-corrected chi connectivity index (χ1v) is 8.11. The summed E-state index contributed by atoms with van der Waals surface area (Å²) in [5, 5.41) is 3.38. The second kappa shape index (κ2) is 11.0. The van der Waals surface area contributed by atoms with E-state index in [9.17, 15) is 4.79 Å². The van der Waals surface area contributed by atoms with Crippen molar-refractivity contribution in [2.45, 2.75) is 33.2 Å². The summed E-state index contributed by atoms with van der Waals surface area (Å²) in [5.41, 5.74) is 7.74. The highest BCUT2D eigenvalue weighted by atomic mass is 16.5. The number of hydrogen-bond donors (Lipinski definition) is 2. The minimum absolute atomic E-state index is 0.188. The van der Waals surface area contributed by atoms with Crippen LogP contribution in [0.3, 0.4) is 0 Å². The van der Waals surface area contributed by atoms with Crippen molar-refractivity contribution in [2.24, 2.45) is 5.73 Å². The maximum Gasteiger partial charge on any atom is 0.325 e. The number of nitrogens with zero attached hydrogens (tertiary/aromatic N) is 1. The molecule has 0 radical (unpaired) electrons. The molecular formula is C17H29N3O2. The Labute approximate surface area is 133 Å². The monoisotopic (exact) mass is 307 g/mol. The van der Waals surface area contributed by atoms with E-state index in [4.69, 9.17) is 10.5 Å². The quantitative estimate of drug-likeness (QED) is 0.483. The van der Waals surface area contributed by atoms with Gasteiger partial charge in [0.15, 0.2) is 0 Å². The van der Waals surface area contributed by atoms with Crippen LogP contribution in [-0.2, 0) is 16.1 Å². The van der Waals surface area contributed by atoms with Gasteiger partial charge in [-0.25, -0.2) is 0 Å². The fourth-order valence-corrected chi connectivity index (χ4v) is 2.20. The van der Waals surface area contributed by atoms with Gasteiger partial charge < -0.3 is 20.7 Å². The first-order chi connectivity index (χ1) is 10.7. The van der Waals surface area contributed by atoms with Gasteiger partial charge in [0.25, 0.3) is 0 Å². The number of esters is 1. The molecule has 0 aliphatic carbocycles. The maximum absolute atomic E-state index is 11.8. The first kappa shape index (κ1) is 18.5. The third kappa shape index (κ3) is 6.91. The van der Waals surface area contributed by atoms with Crippen molar-refractivity contribution >= 4 is 11.7 Å². The molecule has 0 saturated carbocycles. The zero-order valence-electron chi connectivity index (χ0n) is 13.8. The average Bonchev–Trinajstić information content (AvgIpc) is 2.54. The van der Waals surface area contributed by atoms with Crippen molar-refractivity contribution < 1.29 is 9.53 Å². The van der Waals surface area contributed by atoms with Gasteiger partial charge in [-0.15, -0.1) is 0 Å².